The van der Waals surface area contributed by atoms with Crippen LogP contribution in [0.25, 0.3) is 0 Å². The first kappa shape index (κ1) is 13.9. The van der Waals surface area contributed by atoms with Gasteiger partial charge in [-0.1, -0.05) is 6.07 Å². The number of benzene rings is 1. The zero-order valence-electron chi connectivity index (χ0n) is 11.4. The van der Waals surface area contributed by atoms with Gasteiger partial charge in [-0.15, -0.1) is 0 Å². The summed E-state index contributed by atoms with van der Waals surface area (Å²) in [6.07, 6.45) is 3.38. The van der Waals surface area contributed by atoms with Gasteiger partial charge in [0, 0.05) is 26.0 Å². The molecule has 0 atom stereocenters. The van der Waals surface area contributed by atoms with Gasteiger partial charge >= 0.3 is 0 Å². The second-order valence-electron chi connectivity index (χ2n) is 4.41. The average Bonchev–Trinajstić information content (AvgIpc) is 2.48. The predicted molar refractivity (Wildman–Crippen MR) is 74.7 cm³/mol. The molecule has 104 valence electrons. The number of phenolic OH excluding ortho intramolecular Hbond substituents is 1. The van der Waals surface area contributed by atoms with E-state index in [0.29, 0.717) is 12.3 Å². The Balaban J connectivity index is 2.18. The summed E-state index contributed by atoms with van der Waals surface area (Å²) < 4.78 is 5.07. The fraction of sp³-hybridized carbons (Fsp3) is 0.200. The minimum atomic E-state index is -0.273. The summed E-state index contributed by atoms with van der Waals surface area (Å²) in [5.41, 5.74) is 1.14. The van der Waals surface area contributed by atoms with Gasteiger partial charge in [-0.25, -0.2) is 0 Å². The highest BCUT2D eigenvalue weighted by atomic mass is 16.5. The van der Waals surface area contributed by atoms with Gasteiger partial charge in [-0.3, -0.25) is 9.78 Å². The number of amides is 1. The Bertz CT molecular complexity index is 599. The molecule has 5 heteroatoms. The number of carbonyl (C=O) groups excluding carboxylic acids is 1. The number of phenols is 1. The van der Waals surface area contributed by atoms with E-state index in [1.165, 1.54) is 24.1 Å². The molecule has 0 radical (unpaired) electrons. The quantitative estimate of drug-likeness (QED) is 0.925. The Hall–Kier alpha value is -2.56. The smallest absolute Gasteiger partial charge is 0.257 e. The molecule has 1 heterocycles. The van der Waals surface area contributed by atoms with Crippen LogP contribution in [0.15, 0.2) is 42.7 Å². The third kappa shape index (κ3) is 3.06. The third-order valence-electron chi connectivity index (χ3n) is 2.92. The minimum Gasteiger partial charge on any atom is -0.507 e. The SMILES string of the molecule is COc1ccc(O)c(C(=O)N(C)Cc2cccnc2)c1. The standard InChI is InChI=1S/C15H16N2O3/c1-17(10-11-4-3-7-16-9-11)15(19)13-8-12(20-2)5-6-14(13)18/h3-9,18H,10H2,1-2H3. The lowest BCUT2D eigenvalue weighted by molar-refractivity contribution is 0.0781. The zero-order chi connectivity index (χ0) is 14.5. The van der Waals surface area contributed by atoms with Gasteiger partial charge in [-0.05, 0) is 29.8 Å². The predicted octanol–water partition coefficient (Wildman–Crippen LogP) is 2.07. The van der Waals surface area contributed by atoms with Gasteiger partial charge in [0.1, 0.15) is 11.5 Å². The first-order valence-corrected chi connectivity index (χ1v) is 6.13. The normalized spacial score (nSPS) is 10.1. The van der Waals surface area contributed by atoms with Crippen molar-refractivity contribution in [2.45, 2.75) is 6.54 Å². The van der Waals surface area contributed by atoms with Gasteiger partial charge in [0.25, 0.3) is 5.91 Å². The van der Waals surface area contributed by atoms with E-state index in [1.54, 1.807) is 25.5 Å². The van der Waals surface area contributed by atoms with Crippen molar-refractivity contribution in [1.82, 2.24) is 9.88 Å². The van der Waals surface area contributed by atoms with Crippen molar-refractivity contribution in [2.24, 2.45) is 0 Å². The van der Waals surface area contributed by atoms with E-state index in [0.717, 1.165) is 5.56 Å². The Labute approximate surface area is 117 Å². The average molecular weight is 272 g/mol. The first-order chi connectivity index (χ1) is 9.61. The van der Waals surface area contributed by atoms with Crippen molar-refractivity contribution in [3.8, 4) is 11.5 Å². The highest BCUT2D eigenvalue weighted by molar-refractivity contribution is 5.97. The molecule has 0 aliphatic carbocycles. The van der Waals surface area contributed by atoms with Gasteiger partial charge in [0.05, 0.1) is 12.7 Å². The fourth-order valence-corrected chi connectivity index (χ4v) is 1.86. The molecule has 0 bridgehead atoms. The van der Waals surface area contributed by atoms with Crippen molar-refractivity contribution in [3.05, 3.63) is 53.9 Å². The van der Waals surface area contributed by atoms with E-state index in [-0.39, 0.29) is 17.2 Å². The van der Waals surface area contributed by atoms with E-state index in [9.17, 15) is 9.90 Å². The van der Waals surface area contributed by atoms with Crippen molar-refractivity contribution in [1.29, 1.82) is 0 Å². The molecule has 2 aromatic rings. The molecule has 0 saturated heterocycles. The van der Waals surface area contributed by atoms with Crippen LogP contribution in [0.5, 0.6) is 11.5 Å². The van der Waals surface area contributed by atoms with Crippen LogP contribution in [0, 0.1) is 0 Å². The molecule has 0 aliphatic rings. The highest BCUT2D eigenvalue weighted by Gasteiger charge is 2.17. The molecule has 1 aromatic carbocycles. The van der Waals surface area contributed by atoms with E-state index in [1.807, 2.05) is 12.1 Å². The second kappa shape index (κ2) is 6.06. The van der Waals surface area contributed by atoms with E-state index in [4.69, 9.17) is 4.74 Å². The van der Waals surface area contributed by atoms with Crippen molar-refractivity contribution in [2.75, 3.05) is 14.2 Å². The van der Waals surface area contributed by atoms with Gasteiger partial charge in [-0.2, -0.15) is 0 Å². The van der Waals surface area contributed by atoms with Crippen LogP contribution < -0.4 is 4.74 Å². The Kier molecular flexibility index (Phi) is 4.20. The maximum Gasteiger partial charge on any atom is 0.257 e. The van der Waals surface area contributed by atoms with Crippen LogP contribution in [0.4, 0.5) is 0 Å². The number of nitrogens with zero attached hydrogens (tertiary/aromatic N) is 2. The number of rotatable bonds is 4. The highest BCUT2D eigenvalue weighted by Crippen LogP contribution is 2.24. The summed E-state index contributed by atoms with van der Waals surface area (Å²) in [4.78, 5) is 17.9. The van der Waals surface area contributed by atoms with Crippen molar-refractivity contribution in [3.63, 3.8) is 0 Å². The van der Waals surface area contributed by atoms with Gasteiger partial charge in [0.2, 0.25) is 0 Å². The van der Waals surface area contributed by atoms with Crippen LogP contribution in [0.2, 0.25) is 0 Å². The molecule has 1 amide bonds. The van der Waals surface area contributed by atoms with Crippen LogP contribution >= 0.6 is 0 Å². The molecule has 0 saturated carbocycles. The Morgan fingerprint density at radius 1 is 1.40 bits per heavy atom. The number of carbonyl (C=O) groups is 1. The van der Waals surface area contributed by atoms with Crippen LogP contribution in [-0.2, 0) is 6.54 Å². The Morgan fingerprint density at radius 2 is 2.20 bits per heavy atom. The van der Waals surface area contributed by atoms with Crippen LogP contribution in [-0.4, -0.2) is 35.1 Å². The number of methoxy groups -OCH3 is 1. The summed E-state index contributed by atoms with van der Waals surface area (Å²) in [6.45, 7) is 0.420. The molecule has 0 spiro atoms. The summed E-state index contributed by atoms with van der Waals surface area (Å²) in [5, 5.41) is 9.80. The summed E-state index contributed by atoms with van der Waals surface area (Å²) >= 11 is 0. The molecule has 0 unspecified atom stereocenters. The Morgan fingerprint density at radius 3 is 2.85 bits per heavy atom. The van der Waals surface area contributed by atoms with Crippen LogP contribution in [0.3, 0.4) is 0 Å². The minimum absolute atomic E-state index is 0.0613. The lowest BCUT2D eigenvalue weighted by atomic mass is 10.1. The number of aromatic nitrogens is 1. The number of ether oxygens (including phenoxy) is 1. The molecule has 5 nitrogen and oxygen atoms in total. The zero-order valence-corrected chi connectivity index (χ0v) is 11.4. The second-order valence-corrected chi connectivity index (χ2v) is 4.41. The summed E-state index contributed by atoms with van der Waals surface area (Å²) in [5.74, 6) is 0.194. The van der Waals surface area contributed by atoms with Gasteiger partial charge < -0.3 is 14.7 Å². The number of hydrogen-bond donors (Lipinski definition) is 1. The van der Waals surface area contributed by atoms with Crippen molar-refractivity contribution < 1.29 is 14.6 Å². The fourth-order valence-electron chi connectivity index (χ4n) is 1.86. The molecule has 20 heavy (non-hydrogen) atoms. The number of aromatic hydroxyl groups is 1. The van der Waals surface area contributed by atoms with Gasteiger partial charge in [0.15, 0.2) is 0 Å². The monoisotopic (exact) mass is 272 g/mol. The first-order valence-electron chi connectivity index (χ1n) is 6.13. The van der Waals surface area contributed by atoms with Crippen molar-refractivity contribution >= 4 is 5.91 Å². The lowest BCUT2D eigenvalue weighted by Crippen LogP contribution is -2.26. The lowest BCUT2D eigenvalue weighted by Gasteiger charge is -2.18. The topological polar surface area (TPSA) is 62.7 Å². The number of hydrogen-bond acceptors (Lipinski definition) is 4. The van der Waals surface area contributed by atoms with E-state index >= 15 is 0 Å². The maximum atomic E-state index is 12.3. The molecule has 2 rings (SSSR count). The van der Waals surface area contributed by atoms with E-state index in [2.05, 4.69) is 4.98 Å². The molecule has 0 fully saturated rings. The third-order valence-corrected chi connectivity index (χ3v) is 2.92. The van der Waals surface area contributed by atoms with Crippen LogP contribution in [0.1, 0.15) is 15.9 Å². The number of pyridine rings is 1. The summed E-state index contributed by atoms with van der Waals surface area (Å²) in [7, 11) is 3.19. The molecular formula is C15H16N2O3. The maximum absolute atomic E-state index is 12.3. The molecular weight excluding hydrogens is 256 g/mol. The molecule has 1 N–H and O–H groups in total. The molecule has 0 aliphatic heterocycles. The largest absolute Gasteiger partial charge is 0.507 e. The summed E-state index contributed by atoms with van der Waals surface area (Å²) in [6, 6.07) is 8.29. The van der Waals surface area contributed by atoms with E-state index < -0.39 is 0 Å². The molecule has 1 aromatic heterocycles.